The molecule has 2 aromatic rings. The molecule has 0 saturated carbocycles. The average molecular weight is 300 g/mol. The largest absolute Gasteiger partial charge is 0.444 e. The van der Waals surface area contributed by atoms with Crippen molar-refractivity contribution in [2.24, 2.45) is 0 Å². The maximum absolute atomic E-state index is 12.8. The standard InChI is InChI=1S/C14H15F3N2O2/c15-11-3-1-10(2-4-11)14-18-12(9-21-14)7-19(5-6-20)8-13(16)17/h1-4,9,13,20H,5-8H2. The second-order valence-electron chi connectivity index (χ2n) is 4.50. The quantitative estimate of drug-likeness (QED) is 0.853. The highest BCUT2D eigenvalue weighted by atomic mass is 19.3. The third-order valence-corrected chi connectivity index (χ3v) is 2.84. The summed E-state index contributed by atoms with van der Waals surface area (Å²) in [7, 11) is 0. The number of hydrogen-bond donors (Lipinski definition) is 1. The number of hydrogen-bond acceptors (Lipinski definition) is 4. The lowest BCUT2D eigenvalue weighted by Crippen LogP contribution is -2.31. The first-order valence-electron chi connectivity index (χ1n) is 6.40. The monoisotopic (exact) mass is 300 g/mol. The van der Waals surface area contributed by atoms with Crippen molar-refractivity contribution in [3.8, 4) is 11.5 Å². The molecule has 0 unspecified atom stereocenters. The first-order chi connectivity index (χ1) is 10.1. The van der Waals surface area contributed by atoms with Gasteiger partial charge in [0, 0.05) is 18.7 Å². The summed E-state index contributed by atoms with van der Waals surface area (Å²) in [4.78, 5) is 5.57. The van der Waals surface area contributed by atoms with E-state index in [0.29, 0.717) is 17.1 Å². The van der Waals surface area contributed by atoms with E-state index in [1.807, 2.05) is 0 Å². The van der Waals surface area contributed by atoms with Gasteiger partial charge in [0.1, 0.15) is 12.1 Å². The molecule has 1 N–H and O–H groups in total. The minimum atomic E-state index is -2.49. The van der Waals surface area contributed by atoms with Gasteiger partial charge in [-0.2, -0.15) is 0 Å². The van der Waals surface area contributed by atoms with Crippen LogP contribution in [0.25, 0.3) is 11.5 Å². The van der Waals surface area contributed by atoms with E-state index in [9.17, 15) is 13.2 Å². The van der Waals surface area contributed by atoms with Gasteiger partial charge in [-0.05, 0) is 24.3 Å². The lowest BCUT2D eigenvalue weighted by atomic mass is 10.2. The molecular weight excluding hydrogens is 285 g/mol. The van der Waals surface area contributed by atoms with Crippen molar-refractivity contribution in [1.82, 2.24) is 9.88 Å². The van der Waals surface area contributed by atoms with Crippen LogP contribution in [0.15, 0.2) is 34.9 Å². The Hall–Kier alpha value is -1.86. The lowest BCUT2D eigenvalue weighted by molar-refractivity contribution is 0.0740. The van der Waals surface area contributed by atoms with Gasteiger partial charge in [-0.25, -0.2) is 18.2 Å². The number of aromatic nitrogens is 1. The second kappa shape index (κ2) is 7.24. The Morgan fingerprint density at radius 2 is 1.95 bits per heavy atom. The fraction of sp³-hybridized carbons (Fsp3) is 0.357. The molecule has 1 aromatic carbocycles. The molecule has 0 fully saturated rings. The molecule has 0 radical (unpaired) electrons. The van der Waals surface area contributed by atoms with Gasteiger partial charge in [-0.3, -0.25) is 4.90 Å². The van der Waals surface area contributed by atoms with E-state index in [-0.39, 0.29) is 25.5 Å². The van der Waals surface area contributed by atoms with E-state index in [4.69, 9.17) is 9.52 Å². The number of aliphatic hydroxyl groups is 1. The fourth-order valence-electron chi connectivity index (χ4n) is 1.91. The molecule has 4 nitrogen and oxygen atoms in total. The first kappa shape index (κ1) is 15.5. The molecule has 0 atom stereocenters. The third kappa shape index (κ3) is 4.57. The Labute approximate surface area is 119 Å². The number of alkyl halides is 2. The van der Waals surface area contributed by atoms with E-state index in [2.05, 4.69) is 4.98 Å². The highest BCUT2D eigenvalue weighted by Crippen LogP contribution is 2.19. The predicted octanol–water partition coefficient (Wildman–Crippen LogP) is 2.54. The van der Waals surface area contributed by atoms with Crippen LogP contribution in [0.1, 0.15) is 5.69 Å². The highest BCUT2D eigenvalue weighted by molar-refractivity contribution is 5.52. The molecule has 0 bridgehead atoms. The summed E-state index contributed by atoms with van der Waals surface area (Å²) < 4.78 is 42.9. The molecule has 2 rings (SSSR count). The average Bonchev–Trinajstić information content (AvgIpc) is 2.87. The van der Waals surface area contributed by atoms with Gasteiger partial charge in [-0.1, -0.05) is 0 Å². The third-order valence-electron chi connectivity index (χ3n) is 2.84. The van der Waals surface area contributed by atoms with Crippen molar-refractivity contribution in [3.05, 3.63) is 42.0 Å². The van der Waals surface area contributed by atoms with Gasteiger partial charge >= 0.3 is 0 Å². The van der Waals surface area contributed by atoms with Crippen LogP contribution in [0, 0.1) is 5.82 Å². The highest BCUT2D eigenvalue weighted by Gasteiger charge is 2.15. The molecule has 1 aromatic heterocycles. The van der Waals surface area contributed by atoms with Gasteiger partial charge in [0.25, 0.3) is 6.43 Å². The Morgan fingerprint density at radius 3 is 2.57 bits per heavy atom. The summed E-state index contributed by atoms with van der Waals surface area (Å²) in [5.74, 6) is -0.0671. The molecule has 0 aliphatic rings. The van der Waals surface area contributed by atoms with Crippen LogP contribution in [0.2, 0.25) is 0 Å². The zero-order chi connectivity index (χ0) is 15.2. The van der Waals surface area contributed by atoms with Crippen LogP contribution >= 0.6 is 0 Å². The van der Waals surface area contributed by atoms with Crippen LogP contribution in [-0.2, 0) is 6.54 Å². The number of halogens is 3. The molecule has 0 aliphatic heterocycles. The summed E-state index contributed by atoms with van der Waals surface area (Å²) in [6, 6.07) is 5.62. The number of aliphatic hydroxyl groups excluding tert-OH is 1. The summed E-state index contributed by atoms with van der Waals surface area (Å²) in [6.07, 6.45) is -1.12. The normalized spacial score (nSPS) is 11.5. The van der Waals surface area contributed by atoms with Gasteiger partial charge in [-0.15, -0.1) is 0 Å². The molecule has 0 aliphatic carbocycles. The van der Waals surface area contributed by atoms with E-state index in [0.717, 1.165) is 0 Å². The van der Waals surface area contributed by atoms with Crippen molar-refractivity contribution in [3.63, 3.8) is 0 Å². The molecular formula is C14H15F3N2O2. The van der Waals surface area contributed by atoms with Crippen LogP contribution in [-0.4, -0.2) is 41.1 Å². The number of nitrogens with zero attached hydrogens (tertiary/aromatic N) is 2. The van der Waals surface area contributed by atoms with Crippen LogP contribution in [0.3, 0.4) is 0 Å². The molecule has 21 heavy (non-hydrogen) atoms. The number of oxazole rings is 1. The number of benzene rings is 1. The topological polar surface area (TPSA) is 49.5 Å². The molecule has 0 saturated heterocycles. The lowest BCUT2D eigenvalue weighted by Gasteiger charge is -2.18. The number of rotatable bonds is 7. The Balaban J connectivity index is 2.06. The van der Waals surface area contributed by atoms with E-state index in [1.165, 1.54) is 35.4 Å². The second-order valence-corrected chi connectivity index (χ2v) is 4.50. The van der Waals surface area contributed by atoms with Crippen molar-refractivity contribution in [2.45, 2.75) is 13.0 Å². The first-order valence-corrected chi connectivity index (χ1v) is 6.40. The van der Waals surface area contributed by atoms with Crippen molar-refractivity contribution < 1.29 is 22.7 Å². The van der Waals surface area contributed by atoms with Crippen LogP contribution in [0.5, 0.6) is 0 Å². The Morgan fingerprint density at radius 1 is 1.24 bits per heavy atom. The van der Waals surface area contributed by atoms with Gasteiger partial charge in [0.05, 0.1) is 18.8 Å². The summed E-state index contributed by atoms with van der Waals surface area (Å²) in [5, 5.41) is 8.87. The zero-order valence-electron chi connectivity index (χ0n) is 11.2. The van der Waals surface area contributed by atoms with Gasteiger partial charge in [0.15, 0.2) is 0 Å². The Bertz CT molecular complexity index is 558. The molecule has 114 valence electrons. The van der Waals surface area contributed by atoms with E-state index in [1.54, 1.807) is 0 Å². The van der Waals surface area contributed by atoms with Crippen molar-refractivity contribution >= 4 is 0 Å². The van der Waals surface area contributed by atoms with E-state index < -0.39 is 13.0 Å². The van der Waals surface area contributed by atoms with Crippen molar-refractivity contribution in [2.75, 3.05) is 19.7 Å². The molecule has 7 heteroatoms. The van der Waals surface area contributed by atoms with E-state index >= 15 is 0 Å². The fourth-order valence-corrected chi connectivity index (χ4v) is 1.91. The summed E-state index contributed by atoms with van der Waals surface area (Å²) in [6.45, 7) is -0.382. The zero-order valence-corrected chi connectivity index (χ0v) is 11.2. The van der Waals surface area contributed by atoms with Crippen molar-refractivity contribution in [1.29, 1.82) is 0 Å². The van der Waals surface area contributed by atoms with Gasteiger partial charge in [0.2, 0.25) is 5.89 Å². The summed E-state index contributed by atoms with van der Waals surface area (Å²) >= 11 is 0. The maximum atomic E-state index is 12.8. The minimum absolute atomic E-state index is 0.128. The maximum Gasteiger partial charge on any atom is 0.251 e. The minimum Gasteiger partial charge on any atom is -0.444 e. The van der Waals surface area contributed by atoms with Gasteiger partial charge < -0.3 is 9.52 Å². The predicted molar refractivity (Wildman–Crippen MR) is 70.3 cm³/mol. The summed E-state index contributed by atoms with van der Waals surface area (Å²) in [5.41, 5.74) is 1.08. The SMILES string of the molecule is OCCN(Cc1coc(-c2ccc(F)cc2)n1)CC(F)F. The molecule has 1 heterocycles. The van der Waals surface area contributed by atoms with Crippen LogP contribution in [0.4, 0.5) is 13.2 Å². The Kier molecular flexibility index (Phi) is 5.35. The molecule has 0 spiro atoms. The van der Waals surface area contributed by atoms with Crippen LogP contribution < -0.4 is 0 Å². The molecule has 0 amide bonds. The smallest absolute Gasteiger partial charge is 0.251 e.